The van der Waals surface area contributed by atoms with Crippen LogP contribution in [0.1, 0.15) is 46.5 Å². The topological polar surface area (TPSA) is 17.1 Å². The van der Waals surface area contributed by atoms with Crippen molar-refractivity contribution < 1.29 is 4.79 Å². The second-order valence-electron chi connectivity index (χ2n) is 4.43. The van der Waals surface area contributed by atoms with E-state index in [1.807, 2.05) is 0 Å². The van der Waals surface area contributed by atoms with Crippen molar-refractivity contribution in [2.45, 2.75) is 46.5 Å². The molecule has 0 N–H and O–H groups in total. The molecule has 1 fully saturated rings. The lowest BCUT2D eigenvalue weighted by molar-refractivity contribution is -0.122. The first-order chi connectivity index (χ1) is 5.61. The van der Waals surface area contributed by atoms with E-state index in [0.29, 0.717) is 17.6 Å². The lowest BCUT2D eigenvalue weighted by atomic mass is 9.75. The third-order valence-electron chi connectivity index (χ3n) is 3.33. The molecule has 0 saturated heterocycles. The molecule has 0 heterocycles. The van der Waals surface area contributed by atoms with Gasteiger partial charge in [-0.3, -0.25) is 4.79 Å². The number of hydrogen-bond donors (Lipinski definition) is 0. The summed E-state index contributed by atoms with van der Waals surface area (Å²) in [5.41, 5.74) is 0. The average Bonchev–Trinajstić information content (AvgIpc) is 2.03. The van der Waals surface area contributed by atoms with E-state index < -0.39 is 0 Å². The predicted molar refractivity (Wildman–Crippen MR) is 51.0 cm³/mol. The van der Waals surface area contributed by atoms with Crippen LogP contribution in [0.5, 0.6) is 0 Å². The van der Waals surface area contributed by atoms with E-state index in [2.05, 4.69) is 13.8 Å². The summed E-state index contributed by atoms with van der Waals surface area (Å²) in [5, 5.41) is 0. The van der Waals surface area contributed by atoms with Gasteiger partial charge in [0.2, 0.25) is 0 Å². The molecule has 3 unspecified atom stereocenters. The van der Waals surface area contributed by atoms with Gasteiger partial charge in [-0.05, 0) is 31.6 Å². The molecule has 70 valence electrons. The molecule has 0 aliphatic heterocycles. The highest BCUT2D eigenvalue weighted by atomic mass is 16.1. The van der Waals surface area contributed by atoms with Gasteiger partial charge in [-0.2, -0.15) is 0 Å². The highest BCUT2D eigenvalue weighted by Crippen LogP contribution is 2.33. The summed E-state index contributed by atoms with van der Waals surface area (Å²) >= 11 is 0. The third kappa shape index (κ3) is 2.33. The van der Waals surface area contributed by atoms with E-state index in [1.54, 1.807) is 6.92 Å². The Morgan fingerprint density at radius 2 is 2.08 bits per heavy atom. The Balaban J connectivity index is 2.45. The van der Waals surface area contributed by atoms with E-state index in [4.69, 9.17) is 0 Å². The lowest BCUT2D eigenvalue weighted by Crippen LogP contribution is -2.24. The minimum atomic E-state index is 0.299. The Bertz CT molecular complexity index is 162. The van der Waals surface area contributed by atoms with Crippen LogP contribution >= 0.6 is 0 Å². The van der Waals surface area contributed by atoms with Gasteiger partial charge in [0.1, 0.15) is 5.78 Å². The standard InChI is InChI=1S/C11H20O/c1-8-5-4-6-11(7-8)9(2)10(3)12/h8-9,11H,4-7H2,1-3H3. The van der Waals surface area contributed by atoms with E-state index >= 15 is 0 Å². The van der Waals surface area contributed by atoms with Gasteiger partial charge in [0.25, 0.3) is 0 Å². The zero-order valence-electron chi connectivity index (χ0n) is 8.47. The second-order valence-corrected chi connectivity index (χ2v) is 4.43. The Morgan fingerprint density at radius 3 is 2.58 bits per heavy atom. The minimum absolute atomic E-state index is 0.299. The lowest BCUT2D eigenvalue weighted by Gasteiger charge is -2.29. The molecule has 1 nitrogen and oxygen atoms in total. The highest BCUT2D eigenvalue weighted by Gasteiger charge is 2.25. The van der Waals surface area contributed by atoms with Crippen molar-refractivity contribution in [3.05, 3.63) is 0 Å². The number of carbonyl (C=O) groups excluding carboxylic acids is 1. The molecule has 0 aromatic rings. The molecule has 3 atom stereocenters. The first kappa shape index (κ1) is 9.76. The Morgan fingerprint density at radius 1 is 1.42 bits per heavy atom. The largest absolute Gasteiger partial charge is 0.300 e. The van der Waals surface area contributed by atoms with Crippen molar-refractivity contribution in [3.8, 4) is 0 Å². The van der Waals surface area contributed by atoms with Gasteiger partial charge in [0, 0.05) is 5.92 Å². The van der Waals surface area contributed by atoms with Gasteiger partial charge in [-0.15, -0.1) is 0 Å². The zero-order valence-corrected chi connectivity index (χ0v) is 8.47. The fraction of sp³-hybridized carbons (Fsp3) is 0.909. The summed E-state index contributed by atoms with van der Waals surface area (Å²) in [6.07, 6.45) is 5.22. The van der Waals surface area contributed by atoms with E-state index in [9.17, 15) is 4.79 Å². The van der Waals surface area contributed by atoms with Crippen molar-refractivity contribution in [1.29, 1.82) is 0 Å². The van der Waals surface area contributed by atoms with Gasteiger partial charge < -0.3 is 0 Å². The SMILES string of the molecule is CC(=O)C(C)C1CCCC(C)C1. The van der Waals surface area contributed by atoms with Crippen molar-refractivity contribution in [2.24, 2.45) is 17.8 Å². The molecule has 0 aromatic carbocycles. The van der Waals surface area contributed by atoms with Crippen LogP contribution in [0, 0.1) is 17.8 Å². The van der Waals surface area contributed by atoms with Crippen molar-refractivity contribution in [2.75, 3.05) is 0 Å². The number of Topliss-reactive ketones (excluding diaryl/α,β-unsaturated/α-hetero) is 1. The van der Waals surface area contributed by atoms with E-state index in [0.717, 1.165) is 5.92 Å². The Labute approximate surface area is 75.5 Å². The van der Waals surface area contributed by atoms with Gasteiger partial charge in [0.15, 0.2) is 0 Å². The summed E-state index contributed by atoms with van der Waals surface area (Å²) in [7, 11) is 0. The first-order valence-corrected chi connectivity index (χ1v) is 5.11. The van der Waals surface area contributed by atoms with Crippen molar-refractivity contribution in [1.82, 2.24) is 0 Å². The molecular weight excluding hydrogens is 148 g/mol. The quantitative estimate of drug-likeness (QED) is 0.619. The predicted octanol–water partition coefficient (Wildman–Crippen LogP) is 3.04. The van der Waals surface area contributed by atoms with Crippen LogP contribution in [-0.2, 0) is 4.79 Å². The van der Waals surface area contributed by atoms with Crippen LogP contribution in [0.3, 0.4) is 0 Å². The normalized spacial score (nSPS) is 32.9. The Kier molecular flexibility index (Phi) is 3.30. The number of ketones is 1. The average molecular weight is 168 g/mol. The van der Waals surface area contributed by atoms with Gasteiger partial charge in [-0.25, -0.2) is 0 Å². The molecule has 12 heavy (non-hydrogen) atoms. The van der Waals surface area contributed by atoms with Crippen LogP contribution in [0.4, 0.5) is 0 Å². The van der Waals surface area contributed by atoms with Gasteiger partial charge >= 0.3 is 0 Å². The maximum Gasteiger partial charge on any atom is 0.132 e. The molecule has 1 heteroatoms. The summed E-state index contributed by atoms with van der Waals surface area (Å²) < 4.78 is 0. The molecular formula is C11H20O. The number of hydrogen-bond acceptors (Lipinski definition) is 1. The van der Waals surface area contributed by atoms with Crippen LogP contribution < -0.4 is 0 Å². The number of rotatable bonds is 2. The molecule has 0 amide bonds. The Hall–Kier alpha value is -0.330. The molecule has 0 radical (unpaired) electrons. The third-order valence-corrected chi connectivity index (χ3v) is 3.33. The van der Waals surface area contributed by atoms with Crippen LogP contribution in [-0.4, -0.2) is 5.78 Å². The van der Waals surface area contributed by atoms with Gasteiger partial charge in [-0.1, -0.05) is 26.7 Å². The smallest absolute Gasteiger partial charge is 0.132 e. The molecule has 1 saturated carbocycles. The van der Waals surface area contributed by atoms with Crippen LogP contribution in [0.25, 0.3) is 0 Å². The van der Waals surface area contributed by atoms with Crippen molar-refractivity contribution >= 4 is 5.78 Å². The maximum absolute atomic E-state index is 11.1. The molecule has 1 aliphatic carbocycles. The fourth-order valence-corrected chi connectivity index (χ4v) is 2.27. The summed E-state index contributed by atoms with van der Waals surface area (Å²) in [4.78, 5) is 11.1. The first-order valence-electron chi connectivity index (χ1n) is 5.11. The second kappa shape index (κ2) is 4.06. The minimum Gasteiger partial charge on any atom is -0.300 e. The molecule has 0 spiro atoms. The summed E-state index contributed by atoms with van der Waals surface area (Å²) in [6.45, 7) is 6.12. The summed E-state index contributed by atoms with van der Waals surface area (Å²) in [5.74, 6) is 2.18. The van der Waals surface area contributed by atoms with E-state index in [1.165, 1.54) is 25.7 Å². The zero-order chi connectivity index (χ0) is 9.14. The van der Waals surface area contributed by atoms with Gasteiger partial charge in [0.05, 0.1) is 0 Å². The van der Waals surface area contributed by atoms with E-state index in [-0.39, 0.29) is 0 Å². The van der Waals surface area contributed by atoms with Crippen molar-refractivity contribution in [3.63, 3.8) is 0 Å². The molecule has 1 rings (SSSR count). The number of carbonyl (C=O) groups is 1. The van der Waals surface area contributed by atoms with Crippen LogP contribution in [0.2, 0.25) is 0 Å². The van der Waals surface area contributed by atoms with Crippen LogP contribution in [0.15, 0.2) is 0 Å². The fourth-order valence-electron chi connectivity index (χ4n) is 2.27. The monoisotopic (exact) mass is 168 g/mol. The summed E-state index contributed by atoms with van der Waals surface area (Å²) in [6, 6.07) is 0. The highest BCUT2D eigenvalue weighted by molar-refractivity contribution is 5.78. The maximum atomic E-state index is 11.1. The molecule has 0 aromatic heterocycles. The molecule has 1 aliphatic rings. The molecule has 0 bridgehead atoms.